The Labute approximate surface area is 167 Å². The smallest absolute Gasteiger partial charge is 0.234 e. The molecule has 0 saturated carbocycles. The van der Waals surface area contributed by atoms with Crippen molar-refractivity contribution >= 4 is 23.2 Å². The maximum atomic E-state index is 12.1. The molecule has 0 unspecified atom stereocenters. The van der Waals surface area contributed by atoms with E-state index in [-0.39, 0.29) is 11.9 Å². The molecule has 0 spiro atoms. The number of halogens is 1. The van der Waals surface area contributed by atoms with Crippen LogP contribution in [0.1, 0.15) is 19.3 Å². The van der Waals surface area contributed by atoms with E-state index >= 15 is 0 Å². The summed E-state index contributed by atoms with van der Waals surface area (Å²) in [6.45, 7) is 3.91. The van der Waals surface area contributed by atoms with Gasteiger partial charge in [0.2, 0.25) is 5.91 Å². The molecular formula is C20H31ClN4O2. The summed E-state index contributed by atoms with van der Waals surface area (Å²) in [6, 6.07) is 8.31. The second-order valence-corrected chi connectivity index (χ2v) is 8.34. The predicted octanol–water partition coefficient (Wildman–Crippen LogP) is 1.42. The Morgan fingerprint density at radius 1 is 1.22 bits per heavy atom. The number of carbonyl (C=O) groups is 1. The van der Waals surface area contributed by atoms with Crippen LogP contribution in [0.25, 0.3) is 0 Å². The molecule has 0 radical (unpaired) electrons. The van der Waals surface area contributed by atoms with E-state index in [9.17, 15) is 9.90 Å². The van der Waals surface area contributed by atoms with Crippen LogP contribution in [-0.4, -0.2) is 85.8 Å². The van der Waals surface area contributed by atoms with E-state index < -0.39 is 6.10 Å². The van der Waals surface area contributed by atoms with E-state index in [2.05, 4.69) is 21.2 Å². The summed E-state index contributed by atoms with van der Waals surface area (Å²) in [6.07, 6.45) is 2.38. The maximum Gasteiger partial charge on any atom is 0.234 e. The fourth-order valence-corrected chi connectivity index (χ4v) is 4.41. The van der Waals surface area contributed by atoms with Crippen LogP contribution < -0.4 is 10.2 Å². The van der Waals surface area contributed by atoms with Gasteiger partial charge in [-0.05, 0) is 45.5 Å². The van der Waals surface area contributed by atoms with Gasteiger partial charge in [0, 0.05) is 32.2 Å². The lowest BCUT2D eigenvalue weighted by Gasteiger charge is -2.44. The topological polar surface area (TPSA) is 59.1 Å². The average Bonchev–Trinajstić information content (AvgIpc) is 2.63. The average molecular weight is 395 g/mol. The minimum atomic E-state index is -0.462. The third-order valence-electron chi connectivity index (χ3n) is 5.59. The second-order valence-electron chi connectivity index (χ2n) is 7.93. The van der Waals surface area contributed by atoms with E-state index in [1.54, 1.807) is 0 Å². The van der Waals surface area contributed by atoms with Crippen molar-refractivity contribution < 1.29 is 9.90 Å². The molecule has 2 atom stereocenters. The molecule has 3 rings (SSSR count). The van der Waals surface area contributed by atoms with Crippen LogP contribution in [0.15, 0.2) is 24.3 Å². The fraction of sp³-hybridized carbons (Fsp3) is 0.650. The molecule has 2 saturated heterocycles. The first-order chi connectivity index (χ1) is 12.9. The molecule has 6 nitrogen and oxygen atoms in total. The highest BCUT2D eigenvalue weighted by molar-refractivity contribution is 6.33. The van der Waals surface area contributed by atoms with Crippen LogP contribution in [0.5, 0.6) is 0 Å². The van der Waals surface area contributed by atoms with Gasteiger partial charge in [0.05, 0.1) is 29.4 Å². The summed E-state index contributed by atoms with van der Waals surface area (Å²) in [5, 5.41) is 14.1. The van der Waals surface area contributed by atoms with Crippen molar-refractivity contribution in [3.63, 3.8) is 0 Å². The van der Waals surface area contributed by atoms with Crippen LogP contribution in [-0.2, 0) is 4.79 Å². The molecule has 27 heavy (non-hydrogen) atoms. The number of para-hydroxylation sites is 1. The summed E-state index contributed by atoms with van der Waals surface area (Å²) in [5.74, 6) is -0.0283. The molecule has 2 fully saturated rings. The molecular weight excluding hydrogens is 364 g/mol. The molecule has 150 valence electrons. The number of likely N-dealkylation sites (tertiary alicyclic amines) is 1. The minimum Gasteiger partial charge on any atom is -0.391 e. The Kier molecular flexibility index (Phi) is 6.98. The quantitative estimate of drug-likeness (QED) is 0.791. The van der Waals surface area contributed by atoms with Gasteiger partial charge in [0.15, 0.2) is 0 Å². The minimum absolute atomic E-state index is 0.0283. The first kappa shape index (κ1) is 20.4. The van der Waals surface area contributed by atoms with Crippen molar-refractivity contribution in [2.24, 2.45) is 0 Å². The van der Waals surface area contributed by atoms with Gasteiger partial charge >= 0.3 is 0 Å². The summed E-state index contributed by atoms with van der Waals surface area (Å²) in [4.78, 5) is 18.7. The highest BCUT2D eigenvalue weighted by Crippen LogP contribution is 2.29. The van der Waals surface area contributed by atoms with Gasteiger partial charge < -0.3 is 20.2 Å². The molecule has 1 aromatic rings. The number of hydrogen-bond acceptors (Lipinski definition) is 5. The molecule has 0 aromatic heterocycles. The van der Waals surface area contributed by atoms with Crippen molar-refractivity contribution in [2.75, 3.05) is 51.7 Å². The first-order valence-electron chi connectivity index (χ1n) is 9.79. The van der Waals surface area contributed by atoms with Gasteiger partial charge in [-0.2, -0.15) is 0 Å². The van der Waals surface area contributed by atoms with E-state index in [4.69, 9.17) is 11.6 Å². The summed E-state index contributed by atoms with van der Waals surface area (Å²) >= 11 is 6.34. The van der Waals surface area contributed by atoms with Crippen LogP contribution in [0.3, 0.4) is 0 Å². The number of piperidine rings is 2. The van der Waals surface area contributed by atoms with Gasteiger partial charge in [-0.15, -0.1) is 0 Å². The first-order valence-corrected chi connectivity index (χ1v) is 10.2. The number of nitrogens with zero attached hydrogens (tertiary/aromatic N) is 3. The molecule has 1 aromatic carbocycles. The van der Waals surface area contributed by atoms with Crippen molar-refractivity contribution in [3.8, 4) is 0 Å². The van der Waals surface area contributed by atoms with Crippen molar-refractivity contribution in [3.05, 3.63) is 29.3 Å². The van der Waals surface area contributed by atoms with Gasteiger partial charge in [0.1, 0.15) is 0 Å². The van der Waals surface area contributed by atoms with Gasteiger partial charge in [-0.1, -0.05) is 23.7 Å². The van der Waals surface area contributed by atoms with E-state index in [1.807, 2.05) is 37.2 Å². The molecule has 2 aliphatic heterocycles. The predicted molar refractivity (Wildman–Crippen MR) is 109 cm³/mol. The summed E-state index contributed by atoms with van der Waals surface area (Å²) in [5.41, 5.74) is 1.11. The van der Waals surface area contributed by atoms with Crippen LogP contribution in [0, 0.1) is 0 Å². The number of carbonyl (C=O) groups excluding carboxylic acids is 1. The molecule has 2 aliphatic rings. The van der Waals surface area contributed by atoms with Crippen molar-refractivity contribution in [2.45, 2.75) is 37.5 Å². The number of aliphatic hydroxyl groups excluding tert-OH is 1. The zero-order valence-electron chi connectivity index (χ0n) is 16.3. The zero-order valence-corrected chi connectivity index (χ0v) is 17.0. The largest absolute Gasteiger partial charge is 0.391 e. The maximum absolute atomic E-state index is 12.1. The molecule has 0 bridgehead atoms. The van der Waals surface area contributed by atoms with Crippen LogP contribution in [0.4, 0.5) is 5.69 Å². The van der Waals surface area contributed by atoms with E-state index in [0.29, 0.717) is 19.0 Å². The SMILES string of the molecule is CN(C)CC(=O)N[C@@H]1CN(C2CCN(c3ccccc3Cl)CC2)CC[C@@H]1O. The third kappa shape index (κ3) is 5.35. The number of aliphatic hydroxyl groups is 1. The Balaban J connectivity index is 1.53. The van der Waals surface area contributed by atoms with E-state index in [1.165, 1.54) is 0 Å². The van der Waals surface area contributed by atoms with Crippen molar-refractivity contribution in [1.29, 1.82) is 0 Å². The monoisotopic (exact) mass is 394 g/mol. The molecule has 1 amide bonds. The zero-order chi connectivity index (χ0) is 19.4. The standard InChI is InChI=1S/C20H31ClN4O2/c1-23(2)14-20(27)22-17-13-25(12-9-19(17)26)15-7-10-24(11-8-15)18-6-4-3-5-16(18)21/h3-6,15,17,19,26H,7-14H2,1-2H3,(H,22,27)/t17-,19+/m1/s1. The lowest BCUT2D eigenvalue weighted by molar-refractivity contribution is -0.124. The van der Waals surface area contributed by atoms with Gasteiger partial charge in [0.25, 0.3) is 0 Å². The molecule has 0 aliphatic carbocycles. The Hall–Kier alpha value is -1.34. The summed E-state index contributed by atoms with van der Waals surface area (Å²) < 4.78 is 0. The van der Waals surface area contributed by atoms with Crippen LogP contribution in [0.2, 0.25) is 5.02 Å². The summed E-state index contributed by atoms with van der Waals surface area (Å²) in [7, 11) is 3.74. The molecule has 2 N–H and O–H groups in total. The number of likely N-dealkylation sites (N-methyl/N-ethyl adjacent to an activating group) is 1. The highest BCUT2D eigenvalue weighted by atomic mass is 35.5. The Morgan fingerprint density at radius 2 is 1.93 bits per heavy atom. The number of nitrogens with one attached hydrogen (secondary N) is 1. The molecule has 2 heterocycles. The highest BCUT2D eigenvalue weighted by Gasteiger charge is 2.34. The fourth-order valence-electron chi connectivity index (χ4n) is 4.16. The number of benzene rings is 1. The lowest BCUT2D eigenvalue weighted by atomic mass is 9.96. The van der Waals surface area contributed by atoms with Gasteiger partial charge in [-0.25, -0.2) is 0 Å². The second kappa shape index (κ2) is 9.24. The molecule has 7 heteroatoms. The Bertz CT molecular complexity index is 634. The number of amides is 1. The number of rotatable bonds is 5. The van der Waals surface area contributed by atoms with Gasteiger partial charge in [-0.3, -0.25) is 9.69 Å². The normalized spacial score (nSPS) is 25.0. The third-order valence-corrected chi connectivity index (χ3v) is 5.91. The van der Waals surface area contributed by atoms with Crippen LogP contribution >= 0.6 is 11.6 Å². The Morgan fingerprint density at radius 3 is 2.59 bits per heavy atom. The van der Waals surface area contributed by atoms with E-state index in [0.717, 1.165) is 49.7 Å². The lowest BCUT2D eigenvalue weighted by Crippen LogP contribution is -2.59. The number of hydrogen-bond donors (Lipinski definition) is 2. The van der Waals surface area contributed by atoms with Crippen molar-refractivity contribution in [1.82, 2.24) is 15.1 Å². The number of anilines is 1.